The molecule has 0 N–H and O–H groups in total. The number of rotatable bonds is 1. The molecule has 0 bridgehead atoms. The van der Waals surface area contributed by atoms with Gasteiger partial charge >= 0.3 is 0 Å². The van der Waals surface area contributed by atoms with Gasteiger partial charge in [0.1, 0.15) is 0 Å². The van der Waals surface area contributed by atoms with Crippen molar-refractivity contribution in [3.05, 3.63) is 40.4 Å². The van der Waals surface area contributed by atoms with Crippen molar-refractivity contribution in [1.82, 2.24) is 14.6 Å². The minimum Gasteiger partial charge on any atom is -0.282 e. The molecule has 16 heavy (non-hydrogen) atoms. The van der Waals surface area contributed by atoms with E-state index in [0.717, 1.165) is 26.2 Å². The highest BCUT2D eigenvalue weighted by Crippen LogP contribution is 2.30. The van der Waals surface area contributed by atoms with Crippen LogP contribution in [0, 0.1) is 6.92 Å². The molecule has 0 aliphatic rings. The maximum absolute atomic E-state index is 5.92. The first-order chi connectivity index (χ1) is 7.75. The van der Waals surface area contributed by atoms with Gasteiger partial charge in [0, 0.05) is 6.20 Å². The summed E-state index contributed by atoms with van der Waals surface area (Å²) in [5, 5.41) is 8.38. The van der Waals surface area contributed by atoms with Gasteiger partial charge < -0.3 is 0 Å². The Labute approximate surface area is 101 Å². The Kier molecular flexibility index (Phi) is 2.19. The zero-order valence-electron chi connectivity index (χ0n) is 8.51. The van der Waals surface area contributed by atoms with Crippen molar-refractivity contribution in [3.63, 3.8) is 0 Å². The van der Waals surface area contributed by atoms with Crippen molar-refractivity contribution in [2.75, 3.05) is 0 Å². The highest BCUT2D eigenvalue weighted by Gasteiger charge is 2.10. The summed E-state index contributed by atoms with van der Waals surface area (Å²) in [6.45, 7) is 2.02. The summed E-state index contributed by atoms with van der Waals surface area (Å²) in [4.78, 5) is 1.03. The molecule has 0 fully saturated rings. The van der Waals surface area contributed by atoms with Crippen LogP contribution in [0.1, 0.15) is 5.56 Å². The van der Waals surface area contributed by atoms with Gasteiger partial charge in [0.2, 0.25) is 0 Å². The van der Waals surface area contributed by atoms with Crippen LogP contribution in [0.5, 0.6) is 0 Å². The van der Waals surface area contributed by atoms with E-state index in [4.69, 9.17) is 11.6 Å². The molecule has 0 saturated heterocycles. The van der Waals surface area contributed by atoms with Gasteiger partial charge in [0.25, 0.3) is 0 Å². The first-order valence-corrected chi connectivity index (χ1v) is 6.01. The fourth-order valence-corrected chi connectivity index (χ4v) is 2.68. The van der Waals surface area contributed by atoms with E-state index < -0.39 is 0 Å². The quantitative estimate of drug-likeness (QED) is 0.662. The Bertz CT molecular complexity index is 656. The Morgan fingerprint density at radius 2 is 2.12 bits per heavy atom. The first kappa shape index (κ1) is 9.81. The molecule has 0 radical (unpaired) electrons. The molecule has 3 aromatic heterocycles. The van der Waals surface area contributed by atoms with Crippen LogP contribution in [0.15, 0.2) is 30.5 Å². The van der Waals surface area contributed by atoms with Gasteiger partial charge in [-0.2, -0.15) is 0 Å². The average Bonchev–Trinajstić information content (AvgIpc) is 2.84. The molecular weight excluding hydrogens is 242 g/mol. The summed E-state index contributed by atoms with van der Waals surface area (Å²) in [6, 6.07) is 7.85. The van der Waals surface area contributed by atoms with Gasteiger partial charge in [-0.25, -0.2) is 0 Å². The average molecular weight is 250 g/mol. The number of fused-ring (bicyclic) bond motifs is 1. The molecular formula is C11H8ClN3S. The second-order valence-corrected chi connectivity index (χ2v) is 5.23. The lowest BCUT2D eigenvalue weighted by molar-refractivity contribution is 1.12. The van der Waals surface area contributed by atoms with Crippen LogP contribution in [-0.2, 0) is 0 Å². The fourth-order valence-electron chi connectivity index (χ4n) is 1.65. The number of aryl methyl sites for hydroxylation is 1. The van der Waals surface area contributed by atoms with E-state index in [0.29, 0.717) is 0 Å². The number of aromatic nitrogens is 3. The summed E-state index contributed by atoms with van der Waals surface area (Å²) in [6.07, 6.45) is 1.96. The standard InChI is InChI=1S/C11H8ClN3S/c1-7-3-2-6-15-10(7)13-14-11(15)8-4-5-9(12)16-8/h2-6H,1H3. The zero-order valence-corrected chi connectivity index (χ0v) is 10.1. The minimum atomic E-state index is 0.763. The van der Waals surface area contributed by atoms with Crippen LogP contribution in [0.3, 0.4) is 0 Å². The van der Waals surface area contributed by atoms with E-state index in [1.807, 2.05) is 41.8 Å². The largest absolute Gasteiger partial charge is 0.282 e. The van der Waals surface area contributed by atoms with E-state index in [1.165, 1.54) is 11.3 Å². The summed E-state index contributed by atoms with van der Waals surface area (Å²) in [5.41, 5.74) is 2.01. The maximum Gasteiger partial charge on any atom is 0.178 e. The van der Waals surface area contributed by atoms with Crippen molar-refractivity contribution in [3.8, 4) is 10.7 Å². The van der Waals surface area contributed by atoms with Crippen molar-refractivity contribution >= 4 is 28.6 Å². The van der Waals surface area contributed by atoms with Gasteiger partial charge in [0.15, 0.2) is 11.5 Å². The molecule has 0 aliphatic heterocycles. The Morgan fingerprint density at radius 3 is 2.88 bits per heavy atom. The molecule has 3 rings (SSSR count). The lowest BCUT2D eigenvalue weighted by Gasteiger charge is -1.97. The summed E-state index contributed by atoms with van der Waals surface area (Å²) in [7, 11) is 0. The third-order valence-corrected chi connectivity index (χ3v) is 3.65. The molecule has 3 nitrogen and oxygen atoms in total. The lowest BCUT2D eigenvalue weighted by Crippen LogP contribution is -1.88. The molecule has 3 heterocycles. The molecule has 80 valence electrons. The van der Waals surface area contributed by atoms with E-state index in [-0.39, 0.29) is 0 Å². The van der Waals surface area contributed by atoms with E-state index in [9.17, 15) is 0 Å². The van der Waals surface area contributed by atoms with Gasteiger partial charge in [0.05, 0.1) is 9.21 Å². The van der Waals surface area contributed by atoms with Crippen molar-refractivity contribution in [2.45, 2.75) is 6.92 Å². The lowest BCUT2D eigenvalue weighted by atomic mass is 10.3. The van der Waals surface area contributed by atoms with Gasteiger partial charge in [-0.3, -0.25) is 4.40 Å². The highest BCUT2D eigenvalue weighted by atomic mass is 35.5. The number of thiophene rings is 1. The van der Waals surface area contributed by atoms with Crippen LogP contribution in [0.4, 0.5) is 0 Å². The van der Waals surface area contributed by atoms with Gasteiger partial charge in [-0.05, 0) is 30.7 Å². The zero-order chi connectivity index (χ0) is 11.1. The Hall–Kier alpha value is -1.39. The summed E-state index contributed by atoms with van der Waals surface area (Å²) >= 11 is 7.43. The van der Waals surface area contributed by atoms with Crippen LogP contribution < -0.4 is 0 Å². The third-order valence-electron chi connectivity index (χ3n) is 2.42. The van der Waals surface area contributed by atoms with Crippen molar-refractivity contribution in [2.24, 2.45) is 0 Å². The molecule has 0 amide bonds. The minimum absolute atomic E-state index is 0.763. The fraction of sp³-hybridized carbons (Fsp3) is 0.0909. The molecule has 0 atom stereocenters. The normalized spacial score (nSPS) is 11.1. The highest BCUT2D eigenvalue weighted by molar-refractivity contribution is 7.19. The van der Waals surface area contributed by atoms with Crippen LogP contribution in [0.25, 0.3) is 16.3 Å². The number of hydrogen-bond donors (Lipinski definition) is 0. The number of hydrogen-bond acceptors (Lipinski definition) is 3. The molecule has 3 aromatic rings. The smallest absolute Gasteiger partial charge is 0.178 e. The molecule has 5 heteroatoms. The topological polar surface area (TPSA) is 30.2 Å². The van der Waals surface area contributed by atoms with Crippen LogP contribution >= 0.6 is 22.9 Å². The van der Waals surface area contributed by atoms with E-state index in [1.54, 1.807) is 0 Å². The SMILES string of the molecule is Cc1cccn2c(-c3ccc(Cl)s3)nnc12. The van der Waals surface area contributed by atoms with Gasteiger partial charge in [-0.15, -0.1) is 21.5 Å². The molecule has 0 unspecified atom stereocenters. The number of pyridine rings is 1. The number of halogens is 1. The summed E-state index contributed by atoms with van der Waals surface area (Å²) in [5.74, 6) is 0.843. The molecule has 0 aliphatic carbocycles. The van der Waals surface area contributed by atoms with Crippen LogP contribution in [0.2, 0.25) is 4.34 Å². The van der Waals surface area contributed by atoms with Crippen LogP contribution in [-0.4, -0.2) is 14.6 Å². The van der Waals surface area contributed by atoms with Gasteiger partial charge in [-0.1, -0.05) is 17.7 Å². The maximum atomic E-state index is 5.92. The second kappa shape index (κ2) is 3.57. The predicted octanol–water partition coefficient (Wildman–Crippen LogP) is 3.42. The number of nitrogens with zero attached hydrogens (tertiary/aromatic N) is 3. The monoisotopic (exact) mass is 249 g/mol. The molecule has 0 spiro atoms. The van der Waals surface area contributed by atoms with E-state index in [2.05, 4.69) is 10.2 Å². The Morgan fingerprint density at radius 1 is 1.25 bits per heavy atom. The van der Waals surface area contributed by atoms with Crippen molar-refractivity contribution < 1.29 is 0 Å². The van der Waals surface area contributed by atoms with Crippen molar-refractivity contribution in [1.29, 1.82) is 0 Å². The third kappa shape index (κ3) is 1.42. The predicted molar refractivity (Wildman–Crippen MR) is 66.0 cm³/mol. The van der Waals surface area contributed by atoms with E-state index >= 15 is 0 Å². The molecule has 0 aromatic carbocycles. The summed E-state index contributed by atoms with van der Waals surface area (Å²) < 4.78 is 2.75. The Balaban J connectivity index is 2.29. The first-order valence-electron chi connectivity index (χ1n) is 4.82. The second-order valence-electron chi connectivity index (χ2n) is 3.51. The molecule has 0 saturated carbocycles.